The maximum absolute atomic E-state index is 12.3. The third-order valence-corrected chi connectivity index (χ3v) is 5.88. The predicted molar refractivity (Wildman–Crippen MR) is 104 cm³/mol. The molecule has 0 bridgehead atoms. The van der Waals surface area contributed by atoms with Crippen LogP contribution in [0.2, 0.25) is 0 Å². The molecule has 0 aliphatic rings. The van der Waals surface area contributed by atoms with Crippen molar-refractivity contribution in [2.75, 3.05) is 7.11 Å². The van der Waals surface area contributed by atoms with E-state index in [0.717, 1.165) is 22.9 Å². The highest BCUT2D eigenvalue weighted by atomic mass is 32.2. The van der Waals surface area contributed by atoms with Crippen molar-refractivity contribution in [1.82, 2.24) is 29.4 Å². The van der Waals surface area contributed by atoms with Crippen molar-refractivity contribution in [3.8, 4) is 11.4 Å². The van der Waals surface area contributed by atoms with E-state index in [2.05, 4.69) is 20.3 Å². The van der Waals surface area contributed by atoms with Crippen LogP contribution in [-0.2, 0) is 12.2 Å². The fraction of sp³-hybridized carbons (Fsp3) is 0.235. The molecule has 27 heavy (non-hydrogen) atoms. The maximum atomic E-state index is 12.3. The van der Waals surface area contributed by atoms with Crippen molar-refractivity contribution < 1.29 is 4.74 Å². The van der Waals surface area contributed by atoms with Gasteiger partial charge < -0.3 is 4.74 Å². The Hall–Kier alpha value is -2.72. The van der Waals surface area contributed by atoms with Crippen LogP contribution in [0.1, 0.15) is 17.6 Å². The first-order valence-electron chi connectivity index (χ1n) is 8.24. The summed E-state index contributed by atoms with van der Waals surface area (Å²) < 4.78 is 8.63. The number of aryl methyl sites for hydroxylation is 1. The summed E-state index contributed by atoms with van der Waals surface area (Å²) in [4.78, 5) is 17.4. The second-order valence-corrected chi connectivity index (χ2v) is 7.56. The molecule has 0 amide bonds. The molecular weight excluding hydrogens is 384 g/mol. The maximum Gasteiger partial charge on any atom is 0.275 e. The smallest absolute Gasteiger partial charge is 0.275 e. The Morgan fingerprint density at radius 3 is 2.96 bits per heavy atom. The van der Waals surface area contributed by atoms with Crippen LogP contribution in [0.25, 0.3) is 10.6 Å². The molecule has 0 atom stereocenters. The predicted octanol–water partition coefficient (Wildman–Crippen LogP) is 2.60. The van der Waals surface area contributed by atoms with E-state index in [1.807, 2.05) is 35.8 Å². The zero-order valence-electron chi connectivity index (χ0n) is 14.7. The van der Waals surface area contributed by atoms with Gasteiger partial charge in [0.25, 0.3) is 5.56 Å². The summed E-state index contributed by atoms with van der Waals surface area (Å²) in [7, 11) is 1.63. The first-order chi connectivity index (χ1) is 13.2. The number of fused-ring (bicyclic) bond motifs is 1. The fourth-order valence-corrected chi connectivity index (χ4v) is 4.24. The van der Waals surface area contributed by atoms with Crippen LogP contribution in [0.5, 0.6) is 5.75 Å². The minimum Gasteiger partial charge on any atom is -0.495 e. The molecule has 0 N–H and O–H groups in total. The average molecular weight is 400 g/mol. The van der Waals surface area contributed by atoms with Crippen LogP contribution in [0.4, 0.5) is 0 Å². The molecule has 4 rings (SSSR count). The van der Waals surface area contributed by atoms with E-state index < -0.39 is 0 Å². The highest BCUT2D eigenvalue weighted by Crippen LogP contribution is 2.28. The highest BCUT2D eigenvalue weighted by molar-refractivity contribution is 7.98. The van der Waals surface area contributed by atoms with Crippen LogP contribution in [0, 0.1) is 0 Å². The van der Waals surface area contributed by atoms with Gasteiger partial charge in [0.2, 0.25) is 4.96 Å². The summed E-state index contributed by atoms with van der Waals surface area (Å²) in [5.74, 6) is 1.23. The molecule has 3 aromatic heterocycles. The standard InChI is InChI=1S/C17H16N6O2S2/c1-3-14-21-23-15(24)8-11(19-16(23)27-14)9-26-17-20-18-10-22(17)12-6-4-5-7-13(12)25-2/h4-8,10H,3,9H2,1-2H3. The monoisotopic (exact) mass is 400 g/mol. The summed E-state index contributed by atoms with van der Waals surface area (Å²) in [5, 5.41) is 14.0. The number of hydrogen-bond acceptors (Lipinski definition) is 8. The minimum absolute atomic E-state index is 0.169. The third-order valence-electron chi connectivity index (χ3n) is 3.85. The van der Waals surface area contributed by atoms with Crippen LogP contribution < -0.4 is 10.3 Å². The highest BCUT2D eigenvalue weighted by Gasteiger charge is 2.13. The number of ether oxygens (including phenoxy) is 1. The molecule has 1 aromatic carbocycles. The molecule has 138 valence electrons. The minimum atomic E-state index is -0.169. The lowest BCUT2D eigenvalue weighted by Gasteiger charge is -2.10. The number of nitrogens with zero attached hydrogens (tertiary/aromatic N) is 6. The van der Waals surface area contributed by atoms with E-state index in [1.54, 1.807) is 13.4 Å². The normalized spacial score (nSPS) is 11.2. The molecule has 0 saturated carbocycles. The van der Waals surface area contributed by atoms with Gasteiger partial charge >= 0.3 is 0 Å². The van der Waals surface area contributed by atoms with Crippen molar-refractivity contribution in [3.05, 3.63) is 57.7 Å². The molecule has 0 radical (unpaired) electrons. The SMILES string of the molecule is CCc1nn2c(=O)cc(CSc3nncn3-c3ccccc3OC)nc2s1. The van der Waals surface area contributed by atoms with Crippen LogP contribution in [0.15, 0.2) is 46.6 Å². The summed E-state index contributed by atoms with van der Waals surface area (Å²) in [6, 6.07) is 9.17. The van der Waals surface area contributed by atoms with Gasteiger partial charge in [-0.1, -0.05) is 42.2 Å². The Bertz CT molecular complexity index is 1150. The van der Waals surface area contributed by atoms with Gasteiger partial charge in [-0.2, -0.15) is 9.61 Å². The third kappa shape index (κ3) is 3.45. The second-order valence-electron chi connectivity index (χ2n) is 5.57. The first-order valence-corrected chi connectivity index (χ1v) is 10.0. The topological polar surface area (TPSA) is 87.2 Å². The summed E-state index contributed by atoms with van der Waals surface area (Å²) in [6.07, 6.45) is 2.42. The molecule has 4 aromatic rings. The molecule has 0 unspecified atom stereocenters. The van der Waals surface area contributed by atoms with Crippen molar-refractivity contribution in [2.45, 2.75) is 24.3 Å². The van der Waals surface area contributed by atoms with Crippen LogP contribution >= 0.6 is 23.1 Å². The molecule has 0 aliphatic heterocycles. The van der Waals surface area contributed by atoms with E-state index >= 15 is 0 Å². The molecule has 0 saturated heterocycles. The Labute approximate surface area is 162 Å². The molecule has 0 aliphatic carbocycles. The number of thioether (sulfide) groups is 1. The molecule has 10 heteroatoms. The number of para-hydroxylation sites is 2. The van der Waals surface area contributed by atoms with E-state index in [-0.39, 0.29) is 5.56 Å². The fourth-order valence-electron chi connectivity index (χ4n) is 2.57. The number of methoxy groups -OCH3 is 1. The van der Waals surface area contributed by atoms with Gasteiger partial charge in [-0.05, 0) is 18.6 Å². The molecule has 0 fully saturated rings. The number of rotatable bonds is 6. The summed E-state index contributed by atoms with van der Waals surface area (Å²) in [5.41, 5.74) is 1.37. The first kappa shape index (κ1) is 17.7. The second kappa shape index (κ2) is 7.49. The van der Waals surface area contributed by atoms with Crippen LogP contribution in [-0.4, -0.2) is 36.5 Å². The largest absolute Gasteiger partial charge is 0.495 e. The Morgan fingerprint density at radius 2 is 2.15 bits per heavy atom. The van der Waals surface area contributed by atoms with Crippen molar-refractivity contribution in [3.63, 3.8) is 0 Å². The van der Waals surface area contributed by atoms with Gasteiger partial charge in [0.1, 0.15) is 17.1 Å². The van der Waals surface area contributed by atoms with Gasteiger partial charge in [0, 0.05) is 11.8 Å². The van der Waals surface area contributed by atoms with Crippen molar-refractivity contribution in [1.29, 1.82) is 0 Å². The lowest BCUT2D eigenvalue weighted by atomic mass is 10.3. The van der Waals surface area contributed by atoms with Gasteiger partial charge in [-0.25, -0.2) is 4.98 Å². The zero-order chi connectivity index (χ0) is 18.8. The average Bonchev–Trinajstić information content (AvgIpc) is 3.33. The van der Waals surface area contributed by atoms with Crippen molar-refractivity contribution >= 4 is 28.1 Å². The Balaban J connectivity index is 1.61. The molecule has 0 spiro atoms. The number of aromatic nitrogens is 6. The quantitative estimate of drug-likeness (QED) is 0.460. The van der Waals surface area contributed by atoms with Gasteiger partial charge in [0.05, 0.1) is 18.5 Å². The van der Waals surface area contributed by atoms with Gasteiger partial charge in [-0.3, -0.25) is 9.36 Å². The van der Waals surface area contributed by atoms with Gasteiger partial charge in [-0.15, -0.1) is 10.2 Å². The molecule has 3 heterocycles. The van der Waals surface area contributed by atoms with E-state index in [0.29, 0.717) is 21.6 Å². The van der Waals surface area contributed by atoms with Gasteiger partial charge in [0.15, 0.2) is 5.16 Å². The zero-order valence-corrected chi connectivity index (χ0v) is 16.3. The number of hydrogen-bond donors (Lipinski definition) is 0. The summed E-state index contributed by atoms with van der Waals surface area (Å²) >= 11 is 2.89. The van der Waals surface area contributed by atoms with E-state index in [9.17, 15) is 4.79 Å². The van der Waals surface area contributed by atoms with Crippen molar-refractivity contribution in [2.24, 2.45) is 0 Å². The van der Waals surface area contributed by atoms with E-state index in [4.69, 9.17) is 4.74 Å². The molecule has 8 nitrogen and oxygen atoms in total. The van der Waals surface area contributed by atoms with Crippen LogP contribution in [0.3, 0.4) is 0 Å². The number of benzene rings is 1. The summed E-state index contributed by atoms with van der Waals surface area (Å²) in [6.45, 7) is 2.00. The lowest BCUT2D eigenvalue weighted by molar-refractivity contribution is 0.412. The lowest BCUT2D eigenvalue weighted by Crippen LogP contribution is -2.15. The Morgan fingerprint density at radius 1 is 1.30 bits per heavy atom. The molecular formula is C17H16N6O2S2. The van der Waals surface area contributed by atoms with E-state index in [1.165, 1.54) is 33.7 Å². The Kier molecular flexibility index (Phi) is 4.90.